The van der Waals surface area contributed by atoms with Gasteiger partial charge in [0.25, 0.3) is 0 Å². The first-order valence-corrected chi connectivity index (χ1v) is 8.87. The molecule has 0 amide bonds. The molecule has 1 aromatic carbocycles. The number of hydrogen-bond acceptors (Lipinski definition) is 5. The summed E-state index contributed by atoms with van der Waals surface area (Å²) < 4.78 is 11.4. The third-order valence-electron chi connectivity index (χ3n) is 4.55. The van der Waals surface area contributed by atoms with E-state index in [2.05, 4.69) is 29.8 Å². The Morgan fingerprint density at radius 3 is 2.58 bits per heavy atom. The Hall–Kier alpha value is -1.77. The summed E-state index contributed by atoms with van der Waals surface area (Å²) in [4.78, 5) is 4.65. The van der Waals surface area contributed by atoms with Gasteiger partial charge in [-0.3, -0.25) is 4.90 Å². The van der Waals surface area contributed by atoms with Crippen molar-refractivity contribution in [3.05, 3.63) is 23.8 Å². The van der Waals surface area contributed by atoms with Gasteiger partial charge in [-0.2, -0.15) is 5.26 Å². The number of hydrogen-bond donors (Lipinski definition) is 0. The first kappa shape index (κ1) is 18.6. The van der Waals surface area contributed by atoms with Crippen molar-refractivity contribution in [3.8, 4) is 17.6 Å². The Labute approximate surface area is 145 Å². The molecule has 132 valence electrons. The van der Waals surface area contributed by atoms with E-state index in [9.17, 15) is 5.26 Å². The monoisotopic (exact) mass is 331 g/mol. The highest BCUT2D eigenvalue weighted by Gasteiger charge is 2.32. The van der Waals surface area contributed by atoms with Gasteiger partial charge in [-0.05, 0) is 39.4 Å². The Bertz CT molecular complexity index is 570. The molecule has 5 nitrogen and oxygen atoms in total. The second-order valence-electron chi connectivity index (χ2n) is 6.16. The lowest BCUT2D eigenvalue weighted by molar-refractivity contribution is 0.0666. The van der Waals surface area contributed by atoms with Gasteiger partial charge in [0.1, 0.15) is 17.5 Å². The molecule has 1 saturated heterocycles. The van der Waals surface area contributed by atoms with Gasteiger partial charge >= 0.3 is 0 Å². The fourth-order valence-corrected chi connectivity index (χ4v) is 3.33. The Kier molecular flexibility index (Phi) is 6.89. The lowest BCUT2D eigenvalue weighted by atomic mass is 10.00. The van der Waals surface area contributed by atoms with Crippen molar-refractivity contribution in [2.45, 2.75) is 39.3 Å². The molecule has 24 heavy (non-hydrogen) atoms. The fraction of sp³-hybridized carbons (Fsp3) is 0.632. The highest BCUT2D eigenvalue weighted by atomic mass is 16.5. The van der Waals surface area contributed by atoms with Crippen LogP contribution in [0.15, 0.2) is 18.2 Å². The summed E-state index contributed by atoms with van der Waals surface area (Å²) in [6, 6.07) is 8.42. The highest BCUT2D eigenvalue weighted by molar-refractivity contribution is 5.44. The van der Waals surface area contributed by atoms with E-state index in [4.69, 9.17) is 9.47 Å². The number of benzene rings is 1. The van der Waals surface area contributed by atoms with Crippen molar-refractivity contribution in [2.75, 3.05) is 39.9 Å². The molecule has 1 aromatic rings. The van der Waals surface area contributed by atoms with E-state index in [0.717, 1.165) is 43.1 Å². The minimum absolute atomic E-state index is 0.291. The van der Waals surface area contributed by atoms with Gasteiger partial charge in [0.2, 0.25) is 0 Å². The molecule has 0 N–H and O–H groups in total. The molecule has 2 atom stereocenters. The number of nitriles is 1. The van der Waals surface area contributed by atoms with Crippen LogP contribution in [0.4, 0.5) is 0 Å². The molecule has 2 rings (SSSR count). The summed E-state index contributed by atoms with van der Waals surface area (Å²) in [5.41, 5.74) is 0.936. The van der Waals surface area contributed by atoms with Gasteiger partial charge in [0, 0.05) is 37.3 Å². The maximum absolute atomic E-state index is 9.88. The van der Waals surface area contributed by atoms with Crippen LogP contribution < -0.4 is 9.47 Å². The smallest absolute Gasteiger partial charge is 0.128 e. The zero-order valence-corrected chi connectivity index (χ0v) is 15.3. The second-order valence-corrected chi connectivity index (χ2v) is 6.16. The number of ether oxygens (including phenoxy) is 2. The topological polar surface area (TPSA) is 48.7 Å². The zero-order chi connectivity index (χ0) is 17.5. The number of nitrogens with zero attached hydrogens (tertiary/aromatic N) is 3. The molecular weight excluding hydrogens is 302 g/mol. The van der Waals surface area contributed by atoms with E-state index in [1.54, 1.807) is 0 Å². The van der Waals surface area contributed by atoms with Gasteiger partial charge in [-0.15, -0.1) is 0 Å². The quantitative estimate of drug-likeness (QED) is 0.768. The molecule has 0 saturated carbocycles. The van der Waals surface area contributed by atoms with E-state index < -0.39 is 0 Å². The third-order valence-corrected chi connectivity index (χ3v) is 4.55. The van der Waals surface area contributed by atoms with Crippen LogP contribution >= 0.6 is 0 Å². The van der Waals surface area contributed by atoms with Gasteiger partial charge in [0.15, 0.2) is 0 Å². The Morgan fingerprint density at radius 1 is 1.21 bits per heavy atom. The van der Waals surface area contributed by atoms with Crippen LogP contribution in [0.2, 0.25) is 0 Å². The van der Waals surface area contributed by atoms with E-state index in [0.29, 0.717) is 19.3 Å². The summed E-state index contributed by atoms with van der Waals surface area (Å²) in [5, 5.41) is 9.88. The SMILES string of the molecule is CCOc1ccc(C(C#N)N2CCN(C)CC2CC)c(OCC)c1. The summed E-state index contributed by atoms with van der Waals surface area (Å²) in [5.74, 6) is 1.54. The first-order valence-electron chi connectivity index (χ1n) is 8.87. The number of likely N-dealkylation sites (N-methyl/N-ethyl adjacent to an activating group) is 1. The molecule has 0 radical (unpaired) electrons. The van der Waals surface area contributed by atoms with Gasteiger partial charge in [0.05, 0.1) is 19.3 Å². The van der Waals surface area contributed by atoms with Crippen LogP contribution in [-0.4, -0.2) is 55.7 Å². The van der Waals surface area contributed by atoms with Gasteiger partial charge in [-0.1, -0.05) is 6.92 Å². The van der Waals surface area contributed by atoms with Crippen molar-refractivity contribution in [3.63, 3.8) is 0 Å². The maximum atomic E-state index is 9.88. The van der Waals surface area contributed by atoms with Crippen LogP contribution in [0.3, 0.4) is 0 Å². The average Bonchev–Trinajstić information content (AvgIpc) is 2.58. The minimum atomic E-state index is -0.291. The molecule has 1 aliphatic heterocycles. The van der Waals surface area contributed by atoms with Crippen LogP contribution in [0, 0.1) is 11.3 Å². The summed E-state index contributed by atoms with van der Waals surface area (Å²) >= 11 is 0. The maximum Gasteiger partial charge on any atom is 0.128 e. The molecule has 5 heteroatoms. The molecular formula is C19H29N3O2. The number of rotatable bonds is 7. The van der Waals surface area contributed by atoms with Crippen LogP contribution in [0.5, 0.6) is 11.5 Å². The molecule has 0 aliphatic carbocycles. The molecule has 0 spiro atoms. The predicted octanol–water partition coefficient (Wildman–Crippen LogP) is 3.07. The van der Waals surface area contributed by atoms with E-state index >= 15 is 0 Å². The average molecular weight is 331 g/mol. The minimum Gasteiger partial charge on any atom is -0.494 e. The largest absolute Gasteiger partial charge is 0.494 e. The molecule has 1 heterocycles. The Balaban J connectivity index is 2.33. The lowest BCUT2D eigenvalue weighted by Gasteiger charge is -2.42. The van der Waals surface area contributed by atoms with E-state index in [1.165, 1.54) is 0 Å². The lowest BCUT2D eigenvalue weighted by Crippen LogP contribution is -2.52. The number of piperazine rings is 1. The van der Waals surface area contributed by atoms with Crippen molar-refractivity contribution in [2.24, 2.45) is 0 Å². The summed E-state index contributed by atoms with van der Waals surface area (Å²) in [7, 11) is 2.14. The highest BCUT2D eigenvalue weighted by Crippen LogP contribution is 2.34. The Morgan fingerprint density at radius 2 is 1.96 bits per heavy atom. The molecule has 1 fully saturated rings. The van der Waals surface area contributed by atoms with Crippen molar-refractivity contribution >= 4 is 0 Å². The third kappa shape index (κ3) is 4.19. The molecule has 1 aliphatic rings. The first-order chi connectivity index (χ1) is 11.6. The van der Waals surface area contributed by atoms with Crippen molar-refractivity contribution in [1.82, 2.24) is 9.80 Å². The van der Waals surface area contributed by atoms with Crippen LogP contribution in [0.1, 0.15) is 38.8 Å². The van der Waals surface area contributed by atoms with Crippen molar-refractivity contribution < 1.29 is 9.47 Å². The molecule has 0 bridgehead atoms. The van der Waals surface area contributed by atoms with E-state index in [-0.39, 0.29) is 6.04 Å². The second kappa shape index (κ2) is 8.91. The standard InChI is InChI=1S/C19H29N3O2/c1-5-15-14-21(4)10-11-22(15)18(13-20)17-9-8-16(23-6-2)12-19(17)24-7-3/h8-9,12,15,18H,5-7,10-11,14H2,1-4H3. The van der Waals surface area contributed by atoms with Crippen LogP contribution in [-0.2, 0) is 0 Å². The van der Waals surface area contributed by atoms with E-state index in [1.807, 2.05) is 32.0 Å². The molecule has 2 unspecified atom stereocenters. The predicted molar refractivity (Wildman–Crippen MR) is 95.4 cm³/mol. The fourth-order valence-electron chi connectivity index (χ4n) is 3.33. The summed E-state index contributed by atoms with van der Waals surface area (Å²) in [6.07, 6.45) is 1.03. The molecule has 0 aromatic heterocycles. The normalized spacial score (nSPS) is 20.4. The summed E-state index contributed by atoms with van der Waals surface area (Å²) in [6.45, 7) is 10.2. The van der Waals surface area contributed by atoms with Crippen molar-refractivity contribution in [1.29, 1.82) is 5.26 Å². The van der Waals surface area contributed by atoms with Gasteiger partial charge in [-0.25, -0.2) is 0 Å². The zero-order valence-electron chi connectivity index (χ0n) is 15.3. The van der Waals surface area contributed by atoms with Crippen LogP contribution in [0.25, 0.3) is 0 Å². The van der Waals surface area contributed by atoms with Gasteiger partial charge < -0.3 is 14.4 Å².